The van der Waals surface area contributed by atoms with Crippen molar-refractivity contribution < 1.29 is 73.7 Å². The van der Waals surface area contributed by atoms with E-state index in [0.29, 0.717) is 22.0 Å². The first-order valence-electron chi connectivity index (χ1n) is 26.4. The highest BCUT2D eigenvalue weighted by atomic mass is 35.5. The van der Waals surface area contributed by atoms with Gasteiger partial charge in [0.2, 0.25) is 35.3 Å². The zero-order valence-corrected chi connectivity index (χ0v) is 50.0. The molecule has 6 atom stereocenters. The van der Waals surface area contributed by atoms with Gasteiger partial charge in [0, 0.05) is 48.2 Å². The van der Waals surface area contributed by atoms with Crippen LogP contribution in [0.25, 0.3) is 22.0 Å². The number of phenolic OH excluding ortho intramolecular Hbond substituents is 5. The van der Waals surface area contributed by atoms with E-state index in [1.807, 2.05) is 0 Å². The minimum absolute atomic E-state index is 0.0362. The number of nitrogens with one attached hydrogen (secondary N) is 6. The van der Waals surface area contributed by atoms with Gasteiger partial charge in [-0.15, -0.1) is 0 Å². The Labute approximate surface area is 532 Å². The number of fused-ring (bicyclic) bond motifs is 10. The minimum Gasteiger partial charge on any atom is -0.508 e. The molecular formula is C61H45Cl6N7O15. The van der Waals surface area contributed by atoms with Crippen LogP contribution in [0.2, 0.25) is 30.1 Å². The summed E-state index contributed by atoms with van der Waals surface area (Å²) in [6.45, 7) is 0. The van der Waals surface area contributed by atoms with E-state index in [2.05, 4.69) is 31.6 Å². The fourth-order valence-electron chi connectivity index (χ4n) is 10.3. The lowest BCUT2D eigenvalue weighted by molar-refractivity contribution is -0.145. The molecule has 4 heterocycles. The Morgan fingerprint density at radius 3 is 1.71 bits per heavy atom. The Bertz CT molecular complexity index is 4210. The fraction of sp³-hybridized carbons (Fsp3) is 0.148. The molecule has 0 aliphatic carbocycles. The smallest absolute Gasteiger partial charge is 0.330 e. The van der Waals surface area contributed by atoms with E-state index in [-0.39, 0.29) is 72.7 Å². The minimum atomic E-state index is -2.08. The third kappa shape index (κ3) is 12.8. The second-order valence-electron chi connectivity index (χ2n) is 20.6. The molecule has 4 unspecified atom stereocenters. The summed E-state index contributed by atoms with van der Waals surface area (Å²) in [6.07, 6.45) is 0.734. The van der Waals surface area contributed by atoms with Crippen LogP contribution < -0.4 is 31.3 Å². The number of ether oxygens (including phenoxy) is 1. The molecule has 0 saturated carbocycles. The SMILES string of the molecule is CN1C(=O)C(c2cc(Cl)c(O)c(Cl)c2)NC(=O)[C@@H]2NC(=O)C(c3cc(Cl)c(O)c(Cl)c3)NC(=O)[C@H](NC(=O)C(=O)c3cc(Cl)c(O)c(Cl)c3)Cc3c[nH]c4c(cccc34)-c3cc2cc(c3O)Oc2ccc(cc2)CC1C(=O)NC(C(=O)O)c1ccc(O)cc1. The van der Waals surface area contributed by atoms with Gasteiger partial charge in [-0.25, -0.2) is 4.79 Å². The number of hydrogen-bond acceptors (Lipinski definition) is 14. The molecule has 0 radical (unpaired) electrons. The number of aromatic hydroxyl groups is 5. The Hall–Kier alpha value is -9.42. The van der Waals surface area contributed by atoms with Crippen molar-refractivity contribution in [3.05, 3.63) is 191 Å². The summed E-state index contributed by atoms with van der Waals surface area (Å²) in [4.78, 5) is 121. The van der Waals surface area contributed by atoms with E-state index in [4.69, 9.17) is 74.3 Å². The van der Waals surface area contributed by atoms with Gasteiger partial charge in [-0.1, -0.05) is 112 Å². The number of aliphatic carboxylic acids is 1. The van der Waals surface area contributed by atoms with Gasteiger partial charge in [0.15, 0.2) is 34.8 Å². The van der Waals surface area contributed by atoms with Crippen LogP contribution >= 0.6 is 69.6 Å². The molecule has 3 aliphatic heterocycles. The summed E-state index contributed by atoms with van der Waals surface area (Å²) in [5.74, 6) is -12.8. The predicted octanol–water partition coefficient (Wildman–Crippen LogP) is 9.20. The number of halogens is 6. The normalized spacial score (nSPS) is 18.2. The van der Waals surface area contributed by atoms with Crippen LogP contribution in [0, 0.1) is 0 Å². The Kier molecular flexibility index (Phi) is 17.8. The topological polar surface area (TPSA) is 346 Å². The average molecular weight is 1330 g/mol. The number of hydrogen-bond donors (Lipinski definition) is 12. The molecule has 6 amide bonds. The van der Waals surface area contributed by atoms with Crippen LogP contribution in [-0.2, 0) is 46.4 Å². The van der Waals surface area contributed by atoms with Crippen LogP contribution in [0.5, 0.6) is 40.2 Å². The third-order valence-corrected chi connectivity index (χ3v) is 16.6. The molecule has 0 saturated heterocycles. The Morgan fingerprint density at radius 1 is 0.607 bits per heavy atom. The van der Waals surface area contributed by atoms with E-state index in [9.17, 15) is 49.8 Å². The lowest BCUT2D eigenvalue weighted by atomic mass is 9.94. The molecule has 12 N–H and O–H groups in total. The van der Waals surface area contributed by atoms with Crippen molar-refractivity contribution in [2.45, 2.75) is 49.1 Å². The molecule has 1 aromatic heterocycles. The van der Waals surface area contributed by atoms with E-state index in [1.165, 1.54) is 73.9 Å². The molecule has 89 heavy (non-hydrogen) atoms. The van der Waals surface area contributed by atoms with Crippen molar-refractivity contribution in [3.63, 3.8) is 0 Å². The number of rotatable bonds is 9. The second-order valence-corrected chi connectivity index (χ2v) is 23.0. The highest BCUT2D eigenvalue weighted by Gasteiger charge is 2.40. The number of para-hydroxylation sites is 1. The maximum absolute atomic E-state index is 15.8. The largest absolute Gasteiger partial charge is 0.508 e. The van der Waals surface area contributed by atoms with Crippen LogP contribution in [0.4, 0.5) is 0 Å². The van der Waals surface area contributed by atoms with Crippen LogP contribution in [0.3, 0.4) is 0 Å². The number of benzene rings is 7. The number of aromatic nitrogens is 1. The molecule has 8 aromatic rings. The van der Waals surface area contributed by atoms with Crippen molar-refractivity contribution >= 4 is 128 Å². The summed E-state index contributed by atoms with van der Waals surface area (Å²) in [7, 11) is 1.19. The van der Waals surface area contributed by atoms with Crippen molar-refractivity contribution in [2.24, 2.45) is 0 Å². The van der Waals surface area contributed by atoms with Gasteiger partial charge in [0.05, 0.1) is 35.7 Å². The number of carbonyl (C=O) groups is 8. The number of nitrogens with zero attached hydrogens (tertiary/aromatic N) is 1. The molecule has 7 aromatic carbocycles. The van der Waals surface area contributed by atoms with Gasteiger partial charge in [0.25, 0.3) is 5.91 Å². The number of carboxylic acid groups (broad SMARTS) is 1. The number of H-pyrrole nitrogens is 1. The molecule has 456 valence electrons. The van der Waals surface area contributed by atoms with E-state index < -0.39 is 133 Å². The van der Waals surface area contributed by atoms with Gasteiger partial charge in [-0.05, 0) is 106 Å². The van der Waals surface area contributed by atoms with Gasteiger partial charge in [0.1, 0.15) is 41.7 Å². The molecular weight excluding hydrogens is 1280 g/mol. The first kappa shape index (κ1) is 62.6. The highest BCUT2D eigenvalue weighted by Crippen LogP contribution is 2.46. The number of carboxylic acids is 1. The van der Waals surface area contributed by atoms with Crippen molar-refractivity contribution in [3.8, 4) is 51.4 Å². The molecule has 11 rings (SSSR count). The zero-order valence-electron chi connectivity index (χ0n) is 45.5. The highest BCUT2D eigenvalue weighted by molar-refractivity contribution is 6.45. The molecule has 9 bridgehead atoms. The Balaban J connectivity index is 1.16. The number of likely N-dealkylation sites (N-methyl/N-ethyl adjacent to an activating group) is 1. The number of phenols is 5. The molecule has 3 aliphatic rings. The maximum Gasteiger partial charge on any atom is 0.330 e. The summed E-state index contributed by atoms with van der Waals surface area (Å²) < 4.78 is 6.40. The monoisotopic (exact) mass is 1330 g/mol. The van der Waals surface area contributed by atoms with Gasteiger partial charge < -0.3 is 71.8 Å². The molecule has 0 fully saturated rings. The van der Waals surface area contributed by atoms with Crippen molar-refractivity contribution in [1.29, 1.82) is 0 Å². The van der Waals surface area contributed by atoms with E-state index in [1.54, 1.807) is 18.2 Å². The van der Waals surface area contributed by atoms with Crippen molar-refractivity contribution in [1.82, 2.24) is 36.5 Å². The number of Topliss-reactive ketones (excluding diaryl/α,β-unsaturated/α-hetero) is 1. The third-order valence-electron chi connectivity index (χ3n) is 14.9. The first-order chi connectivity index (χ1) is 42.3. The van der Waals surface area contributed by atoms with E-state index in [0.717, 1.165) is 41.3 Å². The average Bonchev–Trinajstić information content (AvgIpc) is 1.86. The summed E-state index contributed by atoms with van der Waals surface area (Å²) in [6, 6.07) is 13.3. The zero-order chi connectivity index (χ0) is 64.0. The molecule has 22 nitrogen and oxygen atoms in total. The lowest BCUT2D eigenvalue weighted by Gasteiger charge is -2.33. The van der Waals surface area contributed by atoms with Crippen LogP contribution in [0.15, 0.2) is 121 Å². The van der Waals surface area contributed by atoms with Gasteiger partial charge >= 0.3 is 5.97 Å². The van der Waals surface area contributed by atoms with Gasteiger partial charge in [-0.2, -0.15) is 0 Å². The van der Waals surface area contributed by atoms with Crippen molar-refractivity contribution in [2.75, 3.05) is 7.05 Å². The number of ketones is 1. The number of aromatic amines is 1. The second kappa shape index (κ2) is 25.4. The number of amides is 6. The van der Waals surface area contributed by atoms with Crippen LogP contribution in [-0.4, -0.2) is 107 Å². The Morgan fingerprint density at radius 2 is 1.13 bits per heavy atom. The standard InChI is InChI=1S/C61H45Cl6N7O15/c1-74-43(56(82)73-48(61(87)88)25-7-9-31(75)10-8-25)13-24-5-11-32(12-6-24)89-44-22-26-14-35(51(44)77)34-4-2-3-33-30(23-68-49(33)34)21-42(69-59(85)50(76)29-19-40(66)54(80)41(67)20-29)55(81)70-46(27-15-36(62)52(78)37(63)16-27)57(83)71-45(26)58(84)72-47(60(74)86)28-17-38(64)53(79)39(65)18-28/h2-12,14-20,22-23,42-43,45-48,68,75,77-80H,13,21H2,1H3,(H,69,85)(H,70,81)(H,71,83)(H,72,84)(H,73,82)(H,87,88)/t42-,43?,45-,46?,47?,48?/m1/s1. The fourth-order valence-corrected chi connectivity index (χ4v) is 11.7. The maximum atomic E-state index is 15.8. The van der Waals surface area contributed by atoms with Crippen LogP contribution in [0.1, 0.15) is 67.9 Å². The summed E-state index contributed by atoms with van der Waals surface area (Å²) in [5, 5.41) is 75.1. The first-order valence-corrected chi connectivity index (χ1v) is 28.7. The quantitative estimate of drug-likeness (QED) is 0.0473. The molecule has 28 heteroatoms. The predicted molar refractivity (Wildman–Crippen MR) is 326 cm³/mol. The lowest BCUT2D eigenvalue weighted by Crippen LogP contribution is -2.54. The molecule has 0 spiro atoms. The summed E-state index contributed by atoms with van der Waals surface area (Å²) in [5.41, 5.74) is 0.227. The summed E-state index contributed by atoms with van der Waals surface area (Å²) >= 11 is 38.1. The van der Waals surface area contributed by atoms with Gasteiger partial charge in [-0.3, -0.25) is 33.6 Å². The number of carbonyl (C=O) groups excluding carboxylic acids is 7. The van der Waals surface area contributed by atoms with E-state index >= 15 is 19.2 Å².